The Morgan fingerprint density at radius 1 is 0.846 bits per heavy atom. The predicted octanol–water partition coefficient (Wildman–Crippen LogP) is 4.71. The fourth-order valence-corrected chi connectivity index (χ4v) is 2.26. The van der Waals surface area contributed by atoms with Crippen LogP contribution in [0.3, 0.4) is 0 Å². The molecule has 0 unspecified atom stereocenters. The molecule has 4 nitrogen and oxygen atoms in total. The monoisotopic (exact) mass is 377 g/mol. The van der Waals surface area contributed by atoms with Crippen molar-refractivity contribution in [3.8, 4) is 11.5 Å². The molecule has 0 fully saturated rings. The Morgan fingerprint density at radius 3 is 2.00 bits per heavy atom. The molecular weight excluding hydrogens is 368 g/mol. The maximum atomic E-state index is 12.8. The topological polar surface area (TPSA) is 47.6 Å². The summed E-state index contributed by atoms with van der Waals surface area (Å²) in [5.74, 6) is -0.426. The van der Waals surface area contributed by atoms with Gasteiger partial charge in [-0.1, -0.05) is 0 Å². The number of fused-ring (bicyclic) bond motifs is 1. The summed E-state index contributed by atoms with van der Waals surface area (Å²) in [6, 6.07) is 4.85. The summed E-state index contributed by atoms with van der Waals surface area (Å²) < 4.78 is 87.2. The van der Waals surface area contributed by atoms with Crippen LogP contribution in [0.2, 0.25) is 0 Å². The van der Waals surface area contributed by atoms with Gasteiger partial charge in [0.05, 0.1) is 11.1 Å². The highest BCUT2D eigenvalue weighted by atomic mass is 19.4. The zero-order valence-corrected chi connectivity index (χ0v) is 12.7. The Bertz CT molecular complexity index is 828. The van der Waals surface area contributed by atoms with Crippen LogP contribution in [0.5, 0.6) is 11.5 Å². The van der Waals surface area contributed by atoms with E-state index in [2.05, 4.69) is 5.32 Å². The van der Waals surface area contributed by atoms with Crippen LogP contribution in [0.15, 0.2) is 36.4 Å². The van der Waals surface area contributed by atoms with Crippen molar-refractivity contribution in [2.75, 3.05) is 12.1 Å². The SMILES string of the molecule is O=C(Nc1ccc2c(c1)OCO2)c1cc(C(F)(F)F)cc(C(F)(F)F)c1. The molecule has 1 aliphatic heterocycles. The number of carbonyl (C=O) groups excluding carboxylic acids is 1. The van der Waals surface area contributed by atoms with Crippen LogP contribution in [0.25, 0.3) is 0 Å². The summed E-state index contributed by atoms with van der Waals surface area (Å²) in [6.45, 7) is -0.0324. The molecule has 1 N–H and O–H groups in total. The van der Waals surface area contributed by atoms with Crippen molar-refractivity contribution in [2.45, 2.75) is 12.4 Å². The van der Waals surface area contributed by atoms with Crippen LogP contribution in [-0.4, -0.2) is 12.7 Å². The lowest BCUT2D eigenvalue weighted by atomic mass is 10.0. The number of halogens is 6. The number of benzene rings is 2. The summed E-state index contributed by atoms with van der Waals surface area (Å²) in [5, 5.41) is 2.24. The Hall–Kier alpha value is -2.91. The van der Waals surface area contributed by atoms with Gasteiger partial charge in [-0.05, 0) is 30.3 Å². The third-order valence-electron chi connectivity index (χ3n) is 3.48. The van der Waals surface area contributed by atoms with Crippen LogP contribution in [0.4, 0.5) is 32.0 Å². The lowest BCUT2D eigenvalue weighted by Gasteiger charge is -2.14. The maximum Gasteiger partial charge on any atom is 0.416 e. The molecule has 1 heterocycles. The van der Waals surface area contributed by atoms with E-state index in [-0.39, 0.29) is 18.5 Å². The largest absolute Gasteiger partial charge is 0.454 e. The molecule has 0 atom stereocenters. The van der Waals surface area contributed by atoms with Gasteiger partial charge in [-0.2, -0.15) is 26.3 Å². The lowest BCUT2D eigenvalue weighted by Crippen LogP contribution is -2.17. The molecule has 0 aromatic heterocycles. The van der Waals surface area contributed by atoms with Crippen molar-refractivity contribution < 1.29 is 40.6 Å². The standard InChI is InChI=1S/C16H9F6NO3/c17-15(18,19)9-3-8(4-10(5-9)16(20,21)22)14(24)23-11-1-2-12-13(6-11)26-7-25-12/h1-6H,7H2,(H,23,24). The summed E-state index contributed by atoms with van der Waals surface area (Å²) >= 11 is 0. The zero-order chi connectivity index (χ0) is 19.1. The molecule has 0 radical (unpaired) electrons. The first-order valence-corrected chi connectivity index (χ1v) is 7.04. The van der Waals surface area contributed by atoms with E-state index >= 15 is 0 Å². The molecule has 2 aromatic carbocycles. The molecule has 2 aromatic rings. The van der Waals surface area contributed by atoms with Crippen molar-refractivity contribution in [2.24, 2.45) is 0 Å². The summed E-state index contributed by atoms with van der Waals surface area (Å²) in [7, 11) is 0. The molecule has 3 rings (SSSR count). The second kappa shape index (κ2) is 6.11. The van der Waals surface area contributed by atoms with E-state index in [0.717, 1.165) is 0 Å². The number of amides is 1. The van der Waals surface area contributed by atoms with Crippen molar-refractivity contribution in [3.05, 3.63) is 53.1 Å². The Balaban J connectivity index is 1.93. The molecule has 1 amide bonds. The third kappa shape index (κ3) is 3.68. The Labute approximate surface area is 142 Å². The minimum Gasteiger partial charge on any atom is -0.454 e. The first-order chi connectivity index (χ1) is 12.0. The number of carbonyl (C=O) groups is 1. The first-order valence-electron chi connectivity index (χ1n) is 7.04. The molecule has 0 saturated heterocycles. The average Bonchev–Trinajstić information content (AvgIpc) is 3.00. The van der Waals surface area contributed by atoms with Gasteiger partial charge < -0.3 is 14.8 Å². The van der Waals surface area contributed by atoms with Gasteiger partial charge in [0.25, 0.3) is 5.91 Å². The van der Waals surface area contributed by atoms with Gasteiger partial charge >= 0.3 is 12.4 Å². The van der Waals surface area contributed by atoms with E-state index in [1.807, 2.05) is 0 Å². The summed E-state index contributed by atoms with van der Waals surface area (Å²) in [6.07, 6.45) is -10.1. The van der Waals surface area contributed by atoms with Gasteiger partial charge in [0.1, 0.15) is 0 Å². The van der Waals surface area contributed by atoms with E-state index in [0.29, 0.717) is 23.6 Å². The minimum absolute atomic E-state index is 0.0324. The third-order valence-corrected chi connectivity index (χ3v) is 3.48. The van der Waals surface area contributed by atoms with E-state index < -0.39 is 35.0 Å². The van der Waals surface area contributed by atoms with Gasteiger partial charge in [0.2, 0.25) is 6.79 Å². The van der Waals surface area contributed by atoms with Crippen molar-refractivity contribution in [1.82, 2.24) is 0 Å². The molecule has 0 bridgehead atoms. The van der Waals surface area contributed by atoms with Crippen molar-refractivity contribution in [1.29, 1.82) is 0 Å². The van der Waals surface area contributed by atoms with E-state index in [9.17, 15) is 31.1 Å². The van der Waals surface area contributed by atoms with Crippen LogP contribution < -0.4 is 14.8 Å². The normalized spacial score (nSPS) is 13.6. The Morgan fingerprint density at radius 2 is 1.42 bits per heavy atom. The Kier molecular flexibility index (Phi) is 4.21. The predicted molar refractivity (Wildman–Crippen MR) is 77.0 cm³/mol. The molecule has 0 spiro atoms. The number of ether oxygens (including phenoxy) is 2. The lowest BCUT2D eigenvalue weighted by molar-refractivity contribution is -0.143. The van der Waals surface area contributed by atoms with Gasteiger partial charge in [-0.3, -0.25) is 4.79 Å². The van der Waals surface area contributed by atoms with Gasteiger partial charge in [0.15, 0.2) is 11.5 Å². The quantitative estimate of drug-likeness (QED) is 0.772. The van der Waals surface area contributed by atoms with Gasteiger partial charge in [0, 0.05) is 17.3 Å². The molecule has 26 heavy (non-hydrogen) atoms. The molecule has 10 heteroatoms. The molecule has 138 valence electrons. The van der Waals surface area contributed by atoms with E-state index in [1.54, 1.807) is 0 Å². The number of rotatable bonds is 2. The maximum absolute atomic E-state index is 12.8. The zero-order valence-electron chi connectivity index (χ0n) is 12.7. The van der Waals surface area contributed by atoms with Crippen LogP contribution >= 0.6 is 0 Å². The number of alkyl halides is 6. The number of anilines is 1. The van der Waals surface area contributed by atoms with Gasteiger partial charge in [-0.25, -0.2) is 0 Å². The number of hydrogen-bond acceptors (Lipinski definition) is 3. The second-order valence-corrected chi connectivity index (χ2v) is 5.32. The van der Waals surface area contributed by atoms with Crippen LogP contribution in [0, 0.1) is 0 Å². The molecule has 0 aliphatic carbocycles. The fourth-order valence-electron chi connectivity index (χ4n) is 2.26. The first kappa shape index (κ1) is 17.9. The second-order valence-electron chi connectivity index (χ2n) is 5.32. The van der Waals surface area contributed by atoms with E-state index in [1.165, 1.54) is 18.2 Å². The van der Waals surface area contributed by atoms with Crippen LogP contribution in [0.1, 0.15) is 21.5 Å². The molecular formula is C16H9F6NO3. The average molecular weight is 377 g/mol. The smallest absolute Gasteiger partial charge is 0.416 e. The highest BCUT2D eigenvalue weighted by molar-refractivity contribution is 6.04. The molecule has 0 saturated carbocycles. The summed E-state index contributed by atoms with van der Waals surface area (Å²) in [4.78, 5) is 12.2. The number of hydrogen-bond donors (Lipinski definition) is 1. The highest BCUT2D eigenvalue weighted by Gasteiger charge is 2.37. The van der Waals surface area contributed by atoms with Crippen molar-refractivity contribution >= 4 is 11.6 Å². The highest BCUT2D eigenvalue weighted by Crippen LogP contribution is 2.37. The summed E-state index contributed by atoms with van der Waals surface area (Å²) in [5.41, 5.74) is -3.78. The minimum atomic E-state index is -5.03. The van der Waals surface area contributed by atoms with Crippen molar-refractivity contribution in [3.63, 3.8) is 0 Å². The van der Waals surface area contributed by atoms with E-state index in [4.69, 9.17) is 9.47 Å². The molecule has 1 aliphatic rings. The number of nitrogens with one attached hydrogen (secondary N) is 1. The fraction of sp³-hybridized carbons (Fsp3) is 0.188. The van der Waals surface area contributed by atoms with Crippen LogP contribution in [-0.2, 0) is 12.4 Å². The van der Waals surface area contributed by atoms with Gasteiger partial charge in [-0.15, -0.1) is 0 Å².